The fourth-order valence-electron chi connectivity index (χ4n) is 1.03. The van der Waals surface area contributed by atoms with Crippen molar-refractivity contribution in [2.45, 2.75) is 39.5 Å². The Morgan fingerprint density at radius 3 is 1.94 bits per heavy atom. The van der Waals surface area contributed by atoms with E-state index in [0.29, 0.717) is 0 Å². The topological polar surface area (TPSA) is 0 Å². The van der Waals surface area contributed by atoms with Crippen LogP contribution in [0.2, 0.25) is 0 Å². The van der Waals surface area contributed by atoms with Crippen LogP contribution >= 0.6 is 0 Å². The molecular formula is C16H26. The number of hydrogen-bond donors (Lipinski definition) is 0. The van der Waals surface area contributed by atoms with Crippen LogP contribution in [0.1, 0.15) is 38.7 Å². The van der Waals surface area contributed by atoms with Gasteiger partial charge in [0, 0.05) is 0 Å². The minimum atomic E-state index is 1.08. The molecule has 0 saturated carbocycles. The van der Waals surface area contributed by atoms with Crippen LogP contribution in [0, 0.1) is 0 Å². The molecule has 0 spiro atoms. The first-order chi connectivity index (χ1) is 7.85. The smallest absolute Gasteiger partial charge is 0.0279 e. The van der Waals surface area contributed by atoms with E-state index >= 15 is 0 Å². The van der Waals surface area contributed by atoms with Gasteiger partial charge in [-0.2, -0.15) is 0 Å². The summed E-state index contributed by atoms with van der Waals surface area (Å²) in [6.45, 7) is 13.8. The summed E-state index contributed by atoms with van der Waals surface area (Å²) >= 11 is 0. The summed E-state index contributed by atoms with van der Waals surface area (Å²) in [5.74, 6) is 0. The Morgan fingerprint density at radius 1 is 1.06 bits per heavy atom. The average molecular weight is 218 g/mol. The molecule has 0 unspecified atom stereocenters. The third-order valence-electron chi connectivity index (χ3n) is 1.95. The maximum Gasteiger partial charge on any atom is -0.0279 e. The maximum absolute atomic E-state index is 3.48. The van der Waals surface area contributed by atoms with Gasteiger partial charge in [0.05, 0.1) is 0 Å². The standard InChI is InChI=1S/C10H14.C4H8.C2H4/c1-2-3-7-10-8-5-4-6-9-10;1-3-4-2;1-2/h4-6,8-9H,2-3,7H2,1H3;3H,1,4H2,2H3;1-2H2. The third kappa shape index (κ3) is 12.7. The van der Waals surface area contributed by atoms with Crippen molar-refractivity contribution in [1.29, 1.82) is 0 Å². The second-order valence-electron chi connectivity index (χ2n) is 3.29. The van der Waals surface area contributed by atoms with Gasteiger partial charge in [-0.15, -0.1) is 19.7 Å². The summed E-state index contributed by atoms with van der Waals surface area (Å²) in [6.07, 6.45) is 6.79. The van der Waals surface area contributed by atoms with Crippen LogP contribution in [-0.2, 0) is 6.42 Å². The predicted octanol–water partition coefficient (Wildman–Crippen LogP) is 5.41. The predicted molar refractivity (Wildman–Crippen MR) is 76.8 cm³/mol. The Balaban J connectivity index is 0. The summed E-state index contributed by atoms with van der Waals surface area (Å²) in [6, 6.07) is 10.6. The van der Waals surface area contributed by atoms with Crippen LogP contribution in [0.5, 0.6) is 0 Å². The van der Waals surface area contributed by atoms with Crippen LogP contribution in [0.25, 0.3) is 0 Å². The average Bonchev–Trinajstić information content (AvgIpc) is 2.40. The Bertz CT molecular complexity index is 223. The lowest BCUT2D eigenvalue weighted by Gasteiger charge is -1.96. The molecule has 0 aromatic heterocycles. The van der Waals surface area contributed by atoms with E-state index in [9.17, 15) is 0 Å². The number of allylic oxidation sites excluding steroid dienone is 1. The highest BCUT2D eigenvalue weighted by molar-refractivity contribution is 5.14. The van der Waals surface area contributed by atoms with Crippen molar-refractivity contribution in [2.75, 3.05) is 0 Å². The summed E-state index contributed by atoms with van der Waals surface area (Å²) < 4.78 is 0. The van der Waals surface area contributed by atoms with Crippen LogP contribution in [0.15, 0.2) is 56.1 Å². The Labute approximate surface area is 102 Å². The zero-order valence-electron chi connectivity index (χ0n) is 10.9. The molecule has 0 heterocycles. The molecule has 0 aliphatic heterocycles. The summed E-state index contributed by atoms with van der Waals surface area (Å²) in [5, 5.41) is 0. The van der Waals surface area contributed by atoms with Gasteiger partial charge in [-0.1, -0.05) is 56.7 Å². The van der Waals surface area contributed by atoms with Gasteiger partial charge in [0.15, 0.2) is 0 Å². The summed E-state index contributed by atoms with van der Waals surface area (Å²) in [4.78, 5) is 0. The largest absolute Gasteiger partial charge is 0.106 e. The lowest BCUT2D eigenvalue weighted by Crippen LogP contribution is -1.81. The van der Waals surface area contributed by atoms with Crippen LogP contribution in [0.3, 0.4) is 0 Å². The molecule has 0 bridgehead atoms. The number of rotatable bonds is 4. The molecule has 0 aliphatic rings. The summed E-state index contributed by atoms with van der Waals surface area (Å²) in [5.41, 5.74) is 1.46. The van der Waals surface area contributed by atoms with Gasteiger partial charge >= 0.3 is 0 Å². The van der Waals surface area contributed by atoms with E-state index in [-0.39, 0.29) is 0 Å². The molecule has 1 aromatic rings. The highest BCUT2D eigenvalue weighted by atomic mass is 13.9. The van der Waals surface area contributed by atoms with Crippen LogP contribution < -0.4 is 0 Å². The molecule has 0 aliphatic carbocycles. The molecule has 0 radical (unpaired) electrons. The molecular weight excluding hydrogens is 192 g/mol. The first kappa shape index (κ1) is 17.1. The van der Waals surface area contributed by atoms with Gasteiger partial charge in [0.2, 0.25) is 0 Å². The Morgan fingerprint density at radius 2 is 1.56 bits per heavy atom. The molecule has 0 atom stereocenters. The van der Waals surface area contributed by atoms with E-state index in [2.05, 4.69) is 63.9 Å². The van der Waals surface area contributed by atoms with Crippen molar-refractivity contribution in [3.05, 3.63) is 61.7 Å². The number of benzene rings is 1. The first-order valence-electron chi connectivity index (χ1n) is 5.99. The fourth-order valence-corrected chi connectivity index (χ4v) is 1.03. The van der Waals surface area contributed by atoms with Crippen molar-refractivity contribution < 1.29 is 0 Å². The molecule has 1 rings (SSSR count). The van der Waals surface area contributed by atoms with E-state index < -0.39 is 0 Å². The maximum atomic E-state index is 3.48. The lowest BCUT2D eigenvalue weighted by atomic mass is 10.1. The molecule has 16 heavy (non-hydrogen) atoms. The van der Waals surface area contributed by atoms with E-state index in [0.717, 1.165) is 6.42 Å². The lowest BCUT2D eigenvalue weighted by molar-refractivity contribution is 0.795. The highest BCUT2D eigenvalue weighted by Gasteiger charge is 1.87. The van der Waals surface area contributed by atoms with Crippen molar-refractivity contribution in [1.82, 2.24) is 0 Å². The van der Waals surface area contributed by atoms with Crippen molar-refractivity contribution in [2.24, 2.45) is 0 Å². The van der Waals surface area contributed by atoms with Gasteiger partial charge < -0.3 is 0 Å². The summed E-state index contributed by atoms with van der Waals surface area (Å²) in [7, 11) is 0. The SMILES string of the molecule is C=C.C=CCC.CCCCc1ccccc1. The molecule has 0 fully saturated rings. The van der Waals surface area contributed by atoms with Gasteiger partial charge in [-0.3, -0.25) is 0 Å². The monoisotopic (exact) mass is 218 g/mol. The molecule has 0 heteroatoms. The van der Waals surface area contributed by atoms with Crippen molar-refractivity contribution >= 4 is 0 Å². The van der Waals surface area contributed by atoms with Gasteiger partial charge in [-0.25, -0.2) is 0 Å². The molecule has 1 aromatic carbocycles. The highest BCUT2D eigenvalue weighted by Crippen LogP contribution is 2.03. The second-order valence-corrected chi connectivity index (χ2v) is 3.29. The van der Waals surface area contributed by atoms with E-state index in [1.807, 2.05) is 6.08 Å². The van der Waals surface area contributed by atoms with Crippen LogP contribution in [0.4, 0.5) is 0 Å². The minimum Gasteiger partial charge on any atom is -0.106 e. The zero-order chi connectivity index (χ0) is 12.6. The van der Waals surface area contributed by atoms with E-state index in [1.165, 1.54) is 24.8 Å². The van der Waals surface area contributed by atoms with E-state index in [4.69, 9.17) is 0 Å². The number of unbranched alkanes of at least 4 members (excludes halogenated alkanes) is 1. The van der Waals surface area contributed by atoms with Crippen molar-refractivity contribution in [3.8, 4) is 0 Å². The first-order valence-corrected chi connectivity index (χ1v) is 5.99. The zero-order valence-corrected chi connectivity index (χ0v) is 10.9. The quantitative estimate of drug-likeness (QED) is 0.592. The Hall–Kier alpha value is -1.30. The van der Waals surface area contributed by atoms with Crippen LogP contribution in [-0.4, -0.2) is 0 Å². The third-order valence-corrected chi connectivity index (χ3v) is 1.95. The normalized spacial score (nSPS) is 7.88. The van der Waals surface area contributed by atoms with Gasteiger partial charge in [-0.05, 0) is 24.8 Å². The number of aryl methyl sites for hydroxylation is 1. The second kappa shape index (κ2) is 16.1. The minimum absolute atomic E-state index is 1.08. The van der Waals surface area contributed by atoms with Gasteiger partial charge in [0.25, 0.3) is 0 Å². The van der Waals surface area contributed by atoms with Gasteiger partial charge in [0.1, 0.15) is 0 Å². The molecule has 0 amide bonds. The number of hydrogen-bond acceptors (Lipinski definition) is 0. The molecule has 0 N–H and O–H groups in total. The van der Waals surface area contributed by atoms with Crippen molar-refractivity contribution in [3.63, 3.8) is 0 Å². The fraction of sp³-hybridized carbons (Fsp3) is 0.375. The molecule has 0 nitrogen and oxygen atoms in total. The Kier molecular flexibility index (Phi) is 17.3. The van der Waals surface area contributed by atoms with E-state index in [1.54, 1.807) is 0 Å². The molecule has 90 valence electrons. The molecule has 0 saturated heterocycles.